The Labute approximate surface area is 139 Å². The predicted molar refractivity (Wildman–Crippen MR) is 100 cm³/mol. The van der Waals surface area contributed by atoms with Crippen LogP contribution in [0.15, 0.2) is 71.8 Å². The highest BCUT2D eigenvalue weighted by Crippen LogP contribution is 2.46. The van der Waals surface area contributed by atoms with Gasteiger partial charge in [0.25, 0.3) is 0 Å². The first-order valence-corrected chi connectivity index (χ1v) is 10.8. The van der Waals surface area contributed by atoms with Crippen LogP contribution in [0.25, 0.3) is 22.4 Å². The van der Waals surface area contributed by atoms with Crippen LogP contribution in [0.2, 0.25) is 0 Å². The lowest BCUT2D eigenvalue weighted by atomic mass is 9.99. The summed E-state index contributed by atoms with van der Waals surface area (Å²) < 4.78 is 2.37. The number of hydrogen-bond donors (Lipinski definition) is 0. The molecule has 1 aliphatic heterocycles. The number of hydrogen-bond acceptors (Lipinski definition) is 0. The van der Waals surface area contributed by atoms with Gasteiger partial charge in [0.05, 0.1) is 5.56 Å². The van der Waals surface area contributed by atoms with E-state index in [9.17, 15) is 0 Å². The zero-order valence-electron chi connectivity index (χ0n) is 13.9. The zero-order chi connectivity index (χ0) is 16.0. The number of rotatable bonds is 2. The molecule has 0 atom stereocenters. The van der Waals surface area contributed by atoms with Crippen molar-refractivity contribution >= 4 is 10.0 Å². The van der Waals surface area contributed by atoms with E-state index < -0.39 is 10.0 Å². The van der Waals surface area contributed by atoms with Crippen molar-refractivity contribution in [2.45, 2.75) is 11.4 Å². The molecule has 2 heterocycles. The van der Waals surface area contributed by atoms with E-state index >= 15 is 0 Å². The average Bonchev–Trinajstić information content (AvgIpc) is 2.92. The van der Waals surface area contributed by atoms with E-state index in [4.69, 9.17) is 0 Å². The Hall–Kier alpha value is -2.06. The van der Waals surface area contributed by atoms with Crippen LogP contribution in [0.1, 0.15) is 5.56 Å². The van der Waals surface area contributed by atoms with Crippen LogP contribution >= 0.6 is 10.0 Å². The van der Waals surface area contributed by atoms with Gasteiger partial charge in [0.1, 0.15) is 0 Å². The smallest absolute Gasteiger partial charge is 0.214 e. The van der Waals surface area contributed by atoms with E-state index in [2.05, 4.69) is 90.2 Å². The van der Waals surface area contributed by atoms with Gasteiger partial charge in [-0.05, 0) is 36.0 Å². The fraction of sp³-hybridized carbons (Fsp3) is 0.190. The maximum absolute atomic E-state index is 2.40. The molecule has 0 spiro atoms. The normalized spacial score (nSPS) is 13.5. The highest BCUT2D eigenvalue weighted by Gasteiger charge is 2.27. The molecule has 0 unspecified atom stereocenters. The Kier molecular flexibility index (Phi) is 3.31. The van der Waals surface area contributed by atoms with E-state index in [1.165, 1.54) is 32.8 Å². The SMILES string of the molecule is CS(C)(C)c1cc[n+]2c(c1)-c1cc(-c3ccccc3)ccc1C2. The first-order valence-electron chi connectivity index (χ1n) is 7.93. The lowest BCUT2D eigenvalue weighted by Crippen LogP contribution is -2.31. The maximum atomic E-state index is 2.40. The minimum absolute atomic E-state index is 0.703. The molecule has 1 aliphatic rings. The van der Waals surface area contributed by atoms with E-state index in [0.717, 1.165) is 6.54 Å². The highest BCUT2D eigenvalue weighted by molar-refractivity contribution is 8.32. The number of aromatic nitrogens is 1. The first kappa shape index (κ1) is 14.5. The van der Waals surface area contributed by atoms with Crippen molar-refractivity contribution in [1.29, 1.82) is 0 Å². The van der Waals surface area contributed by atoms with Crippen molar-refractivity contribution in [3.8, 4) is 22.4 Å². The summed E-state index contributed by atoms with van der Waals surface area (Å²) in [7, 11) is -0.703. The summed E-state index contributed by atoms with van der Waals surface area (Å²) in [5.41, 5.74) is 6.75. The molecule has 0 radical (unpaired) electrons. The molecule has 2 aromatic carbocycles. The van der Waals surface area contributed by atoms with Gasteiger partial charge < -0.3 is 0 Å². The van der Waals surface area contributed by atoms with Gasteiger partial charge in [0.15, 0.2) is 12.7 Å². The fourth-order valence-electron chi connectivity index (χ4n) is 3.21. The monoisotopic (exact) mass is 320 g/mol. The van der Waals surface area contributed by atoms with Gasteiger partial charge in [-0.1, -0.05) is 42.5 Å². The molecule has 3 aromatic rings. The largest absolute Gasteiger partial charge is 0.223 e. The summed E-state index contributed by atoms with van der Waals surface area (Å²) in [4.78, 5) is 1.47. The van der Waals surface area contributed by atoms with Gasteiger partial charge in [-0.15, -0.1) is 0 Å². The maximum Gasteiger partial charge on any atom is 0.214 e. The van der Waals surface area contributed by atoms with E-state index in [-0.39, 0.29) is 0 Å². The van der Waals surface area contributed by atoms with Crippen molar-refractivity contribution in [3.63, 3.8) is 0 Å². The second kappa shape index (κ2) is 5.24. The molecular formula is C21H22NS+. The van der Waals surface area contributed by atoms with Gasteiger partial charge in [-0.2, -0.15) is 4.57 Å². The van der Waals surface area contributed by atoms with Gasteiger partial charge in [0.2, 0.25) is 5.69 Å². The van der Waals surface area contributed by atoms with Crippen molar-refractivity contribution in [1.82, 2.24) is 0 Å². The Morgan fingerprint density at radius 3 is 2.35 bits per heavy atom. The molecule has 0 saturated heterocycles. The number of pyridine rings is 1. The Morgan fingerprint density at radius 2 is 1.61 bits per heavy atom. The lowest BCUT2D eigenvalue weighted by molar-refractivity contribution is -0.672. The molecule has 0 amide bonds. The average molecular weight is 320 g/mol. The van der Waals surface area contributed by atoms with Crippen molar-refractivity contribution in [2.75, 3.05) is 18.8 Å². The third-order valence-electron chi connectivity index (χ3n) is 4.55. The van der Waals surface area contributed by atoms with Crippen LogP contribution in [0.5, 0.6) is 0 Å². The molecule has 1 aromatic heterocycles. The van der Waals surface area contributed by atoms with Crippen molar-refractivity contribution in [3.05, 3.63) is 72.4 Å². The molecule has 0 fully saturated rings. The molecule has 2 heteroatoms. The van der Waals surface area contributed by atoms with Crippen LogP contribution in [0.3, 0.4) is 0 Å². The lowest BCUT2D eigenvalue weighted by Gasteiger charge is -2.25. The highest BCUT2D eigenvalue weighted by atomic mass is 32.3. The van der Waals surface area contributed by atoms with Crippen molar-refractivity contribution < 1.29 is 4.57 Å². The Morgan fingerprint density at radius 1 is 0.826 bits per heavy atom. The summed E-state index contributed by atoms with van der Waals surface area (Å²) in [6.45, 7) is 0.986. The molecular weight excluding hydrogens is 298 g/mol. The summed E-state index contributed by atoms with van der Waals surface area (Å²) in [5, 5.41) is 0. The quantitative estimate of drug-likeness (QED) is 0.470. The summed E-state index contributed by atoms with van der Waals surface area (Å²) >= 11 is 0. The Balaban J connectivity index is 1.85. The third-order valence-corrected chi connectivity index (χ3v) is 6.22. The van der Waals surface area contributed by atoms with Gasteiger partial charge in [-0.3, -0.25) is 0 Å². The topological polar surface area (TPSA) is 3.88 Å². The van der Waals surface area contributed by atoms with Crippen LogP contribution in [-0.2, 0) is 6.54 Å². The zero-order valence-corrected chi connectivity index (χ0v) is 14.7. The van der Waals surface area contributed by atoms with Crippen LogP contribution < -0.4 is 4.57 Å². The fourth-order valence-corrected chi connectivity index (χ4v) is 4.14. The van der Waals surface area contributed by atoms with Gasteiger partial charge in [0, 0.05) is 22.6 Å². The predicted octanol–water partition coefficient (Wildman–Crippen LogP) is 4.72. The van der Waals surface area contributed by atoms with Crippen LogP contribution in [0, 0.1) is 0 Å². The minimum atomic E-state index is -0.703. The second-order valence-electron chi connectivity index (χ2n) is 6.95. The standard InChI is InChI=1S/C21H22NS/c1-23(2,3)19-11-12-22-15-18-10-9-17(13-20(18)21(22)14-19)16-7-5-4-6-8-16/h4-14H,15H2,1-3H3/q+1. The third kappa shape index (κ3) is 2.57. The molecule has 0 saturated carbocycles. The molecule has 1 nitrogen and oxygen atoms in total. The van der Waals surface area contributed by atoms with Gasteiger partial charge in [-0.25, -0.2) is 10.0 Å². The molecule has 0 aliphatic carbocycles. The molecule has 0 bridgehead atoms. The van der Waals surface area contributed by atoms with E-state index in [1.54, 1.807) is 0 Å². The second-order valence-corrected chi connectivity index (χ2v) is 11.1. The minimum Gasteiger partial charge on any atom is -0.223 e. The Bertz CT molecular complexity index is 876. The number of fused-ring (bicyclic) bond motifs is 3. The summed E-state index contributed by atoms with van der Waals surface area (Å²) in [5.74, 6) is 0. The molecule has 0 N–H and O–H groups in total. The molecule has 116 valence electrons. The van der Waals surface area contributed by atoms with Crippen molar-refractivity contribution in [2.24, 2.45) is 0 Å². The summed E-state index contributed by atoms with van der Waals surface area (Å²) in [6.07, 6.45) is 9.33. The van der Waals surface area contributed by atoms with E-state index in [1.807, 2.05) is 0 Å². The molecule has 23 heavy (non-hydrogen) atoms. The summed E-state index contributed by atoms with van der Waals surface area (Å²) in [6, 6.07) is 22.2. The molecule has 4 rings (SSSR count). The number of nitrogens with zero attached hydrogens (tertiary/aromatic N) is 1. The first-order chi connectivity index (χ1) is 11.0. The van der Waals surface area contributed by atoms with Gasteiger partial charge >= 0.3 is 0 Å². The van der Waals surface area contributed by atoms with E-state index in [0.29, 0.717) is 0 Å². The van der Waals surface area contributed by atoms with Crippen LogP contribution in [0.4, 0.5) is 0 Å². The van der Waals surface area contributed by atoms with Crippen LogP contribution in [-0.4, -0.2) is 18.8 Å². The number of benzene rings is 2.